The van der Waals surface area contributed by atoms with Crippen molar-refractivity contribution in [3.05, 3.63) is 23.7 Å². The number of hydrogen-bond acceptors (Lipinski definition) is 3. The van der Waals surface area contributed by atoms with Crippen molar-refractivity contribution in [3.63, 3.8) is 0 Å². The molecule has 12 heavy (non-hydrogen) atoms. The van der Waals surface area contributed by atoms with Gasteiger partial charge in [0.25, 0.3) is 0 Å². The van der Waals surface area contributed by atoms with Crippen molar-refractivity contribution in [1.82, 2.24) is 4.33 Å². The van der Waals surface area contributed by atoms with E-state index in [1.807, 2.05) is 6.07 Å². The van der Waals surface area contributed by atoms with E-state index in [9.17, 15) is 0 Å². The molecule has 2 heterocycles. The van der Waals surface area contributed by atoms with Gasteiger partial charge in [0.1, 0.15) is 0 Å². The summed E-state index contributed by atoms with van der Waals surface area (Å²) in [5.74, 6) is 1.61. The Morgan fingerprint density at radius 2 is 2.33 bits per heavy atom. The van der Waals surface area contributed by atoms with E-state index in [0.29, 0.717) is 44.1 Å². The quantitative estimate of drug-likeness (QED) is 0.665. The molecule has 0 aliphatic carbocycles. The van der Waals surface area contributed by atoms with Gasteiger partial charge in [0.05, 0.1) is 0 Å². The summed E-state index contributed by atoms with van der Waals surface area (Å²) < 4.78 is 13.5. The van der Waals surface area contributed by atoms with Crippen LogP contribution in [0.5, 0.6) is 0 Å². The van der Waals surface area contributed by atoms with Crippen LogP contribution >= 0.6 is 0 Å². The second kappa shape index (κ2) is 3.34. The Labute approximate surface area is 80.3 Å². The molecule has 0 amide bonds. The third-order valence-electron chi connectivity index (χ3n) is 1.22. The molecule has 0 N–H and O–H groups in total. The van der Waals surface area contributed by atoms with Gasteiger partial charge in [-0.25, -0.2) is 0 Å². The summed E-state index contributed by atoms with van der Waals surface area (Å²) in [5, 5.41) is 8.49. The molecule has 6 heteroatoms. The monoisotopic (exact) mass is 292 g/mol. The molecule has 0 saturated carbocycles. The standard InChI is InChI=1S/C6H2N3OSe2/c7-3-4-1-2-5(10-4)6-8-11-12-9-6/h1-2H. The van der Waals surface area contributed by atoms with Crippen LogP contribution in [0.3, 0.4) is 0 Å². The Balaban J connectivity index is 2.29. The molecule has 59 valence electrons. The number of furan rings is 1. The van der Waals surface area contributed by atoms with Gasteiger partial charge in [-0.15, -0.1) is 0 Å². The van der Waals surface area contributed by atoms with Gasteiger partial charge in [0, 0.05) is 0 Å². The Kier molecular flexibility index (Phi) is 2.20. The molecular weight excluding hydrogens is 288 g/mol. The van der Waals surface area contributed by atoms with Crippen molar-refractivity contribution in [2.45, 2.75) is 0 Å². The fraction of sp³-hybridized carbons (Fsp3) is 0. The molecule has 1 aliphatic heterocycles. The fourth-order valence-corrected chi connectivity index (χ4v) is 4.24. The minimum atomic E-state index is 0.294. The zero-order valence-electron chi connectivity index (χ0n) is 5.72. The third kappa shape index (κ3) is 1.40. The molecule has 0 aromatic carbocycles. The molecule has 0 unspecified atom stereocenters. The van der Waals surface area contributed by atoms with E-state index in [4.69, 9.17) is 9.68 Å². The van der Waals surface area contributed by atoms with Crippen molar-refractivity contribution in [1.29, 1.82) is 5.26 Å². The van der Waals surface area contributed by atoms with E-state index >= 15 is 0 Å². The van der Waals surface area contributed by atoms with Crippen LogP contribution in [0.15, 0.2) is 20.6 Å². The summed E-state index contributed by atoms with van der Waals surface area (Å²) in [6.07, 6.45) is 0. The van der Waals surface area contributed by atoms with Gasteiger partial charge in [-0.2, -0.15) is 0 Å². The molecular formula is C6H2N3OSe2. The van der Waals surface area contributed by atoms with Gasteiger partial charge < -0.3 is 0 Å². The summed E-state index contributed by atoms with van der Waals surface area (Å²) in [6, 6.07) is 5.28. The van der Waals surface area contributed by atoms with Gasteiger partial charge in [0.15, 0.2) is 0 Å². The normalized spacial score (nSPS) is 15.1. The van der Waals surface area contributed by atoms with E-state index in [0.717, 1.165) is 0 Å². The van der Waals surface area contributed by atoms with Gasteiger partial charge in [-0.3, -0.25) is 0 Å². The average Bonchev–Trinajstić information content (AvgIpc) is 2.75. The summed E-state index contributed by atoms with van der Waals surface area (Å²) >= 11 is 0.587. The maximum absolute atomic E-state index is 8.49. The van der Waals surface area contributed by atoms with Gasteiger partial charge in [0.2, 0.25) is 0 Å². The van der Waals surface area contributed by atoms with Gasteiger partial charge in [-0.05, 0) is 0 Å². The van der Waals surface area contributed by atoms with Crippen LogP contribution < -0.4 is 4.33 Å². The third-order valence-corrected chi connectivity index (χ3v) is 4.75. The first-order valence-corrected chi connectivity index (χ1v) is 8.89. The second-order valence-electron chi connectivity index (χ2n) is 1.93. The summed E-state index contributed by atoms with van der Waals surface area (Å²) in [5.41, 5.74) is 0. The first-order valence-electron chi connectivity index (χ1n) is 3.02. The predicted octanol–water partition coefficient (Wildman–Crippen LogP) is -0.331. The number of hydrogen-bond donors (Lipinski definition) is 0. The van der Waals surface area contributed by atoms with Crippen molar-refractivity contribution in [3.8, 4) is 6.07 Å². The minimum absolute atomic E-state index is 0.294. The number of nitriles is 1. The van der Waals surface area contributed by atoms with Crippen LogP contribution in [0.4, 0.5) is 0 Å². The molecule has 0 atom stereocenters. The summed E-state index contributed by atoms with van der Waals surface area (Å²) in [7, 11) is 0. The molecule has 0 fully saturated rings. The Morgan fingerprint density at radius 1 is 1.42 bits per heavy atom. The number of amidine groups is 1. The molecule has 2 rings (SSSR count). The van der Waals surface area contributed by atoms with Crippen LogP contribution in [0.1, 0.15) is 11.5 Å². The Bertz CT molecular complexity index is 365. The SMILES string of the molecule is N#Cc1ccc(C2=N[Se][Se][N]2)o1. The topological polar surface area (TPSA) is 63.4 Å². The van der Waals surface area contributed by atoms with Crippen molar-refractivity contribution >= 4 is 32.5 Å². The second-order valence-corrected chi connectivity index (χ2v) is 6.57. The van der Waals surface area contributed by atoms with E-state index in [1.54, 1.807) is 12.1 Å². The Hall–Kier alpha value is -0.721. The molecule has 1 aromatic rings. The molecule has 0 spiro atoms. The van der Waals surface area contributed by atoms with Crippen LogP contribution in [-0.4, -0.2) is 32.5 Å². The van der Waals surface area contributed by atoms with E-state index in [2.05, 4.69) is 8.34 Å². The maximum atomic E-state index is 8.49. The first kappa shape index (κ1) is 7.90. The molecule has 0 bridgehead atoms. The van der Waals surface area contributed by atoms with Gasteiger partial charge >= 0.3 is 80.3 Å². The van der Waals surface area contributed by atoms with Crippen LogP contribution in [0.2, 0.25) is 0 Å². The molecule has 0 saturated heterocycles. The van der Waals surface area contributed by atoms with E-state index < -0.39 is 0 Å². The molecule has 4 nitrogen and oxygen atoms in total. The fourth-order valence-electron chi connectivity index (χ4n) is 0.729. The van der Waals surface area contributed by atoms with Crippen LogP contribution in [-0.2, 0) is 0 Å². The average molecular weight is 290 g/mol. The van der Waals surface area contributed by atoms with Crippen molar-refractivity contribution in [2.24, 2.45) is 4.01 Å². The van der Waals surface area contributed by atoms with Crippen molar-refractivity contribution < 1.29 is 4.42 Å². The van der Waals surface area contributed by atoms with Gasteiger partial charge in [-0.1, -0.05) is 0 Å². The van der Waals surface area contributed by atoms with Crippen LogP contribution in [0.25, 0.3) is 0 Å². The number of nitrogens with zero attached hydrogens (tertiary/aromatic N) is 3. The van der Waals surface area contributed by atoms with Crippen molar-refractivity contribution in [2.75, 3.05) is 0 Å². The predicted molar refractivity (Wildman–Crippen MR) is 43.6 cm³/mol. The molecule has 1 aliphatic rings. The first-order chi connectivity index (χ1) is 5.90. The zero-order chi connectivity index (χ0) is 8.39. The summed E-state index contributed by atoms with van der Waals surface area (Å²) in [6.45, 7) is 0. The Morgan fingerprint density at radius 3 is 2.92 bits per heavy atom. The molecule has 1 aromatic heterocycles. The zero-order valence-corrected chi connectivity index (χ0v) is 9.15. The summed E-state index contributed by atoms with van der Waals surface area (Å²) in [4.78, 5) is 0. The molecule has 1 radical (unpaired) electrons. The number of rotatable bonds is 1. The van der Waals surface area contributed by atoms with E-state index in [1.165, 1.54) is 0 Å². The van der Waals surface area contributed by atoms with E-state index in [-0.39, 0.29) is 0 Å². The van der Waals surface area contributed by atoms with Crippen LogP contribution in [0, 0.1) is 11.3 Å².